The van der Waals surface area contributed by atoms with Crippen LogP contribution in [-0.4, -0.2) is 24.9 Å². The van der Waals surface area contributed by atoms with Crippen molar-refractivity contribution < 1.29 is 19.9 Å². The summed E-state index contributed by atoms with van der Waals surface area (Å²) in [6.07, 6.45) is 0. The van der Waals surface area contributed by atoms with Gasteiger partial charge in [-0.05, 0) is 19.1 Å². The highest BCUT2D eigenvalue weighted by Crippen LogP contribution is 2.38. The Balaban J connectivity index is 0.000000211. The fraction of sp³-hybridized carbons (Fsp3) is 0.0625. The van der Waals surface area contributed by atoms with E-state index in [1.807, 2.05) is 42.6 Å². The van der Waals surface area contributed by atoms with Crippen molar-refractivity contribution in [3.8, 4) is 5.75 Å². The quantitative estimate of drug-likeness (QED) is 0.451. The van der Waals surface area contributed by atoms with Crippen LogP contribution in [0.5, 0.6) is 5.75 Å². The molecule has 2 aromatic carbocycles. The maximum atomic E-state index is 10.4. The molecule has 0 aliphatic heterocycles. The van der Waals surface area contributed by atoms with Crippen molar-refractivity contribution in [1.29, 1.82) is 0 Å². The Hall–Kier alpha value is -4.13. The summed E-state index contributed by atoms with van der Waals surface area (Å²) in [6.45, 7) is 1.99. The Labute approximate surface area is 166 Å². The predicted octanol–water partition coefficient (Wildman–Crippen LogP) is 4.31. The largest absolute Gasteiger partial charge is 0.497 e. The smallest absolute Gasteiger partial charge is 0.324 e. The predicted molar refractivity (Wildman–Crippen MR) is 105 cm³/mol. The second kappa shape index (κ2) is 9.18. The first-order chi connectivity index (χ1) is 13.7. The van der Waals surface area contributed by atoms with Crippen molar-refractivity contribution in [2.24, 2.45) is 0 Å². The Morgan fingerprint density at radius 1 is 0.966 bits per heavy atom. The maximum Gasteiger partial charge on any atom is 0.324 e. The number of aromatic hydroxyl groups is 1. The van der Waals surface area contributed by atoms with E-state index in [0.717, 1.165) is 16.5 Å². The number of hydrogen-bond acceptors (Lipinski definition) is 10. The van der Waals surface area contributed by atoms with Gasteiger partial charge in [0.25, 0.3) is 11.4 Å². The van der Waals surface area contributed by atoms with Gasteiger partial charge in [-0.1, -0.05) is 18.2 Å². The molecule has 12 nitrogen and oxygen atoms in total. The van der Waals surface area contributed by atoms with Crippen LogP contribution in [0.4, 0.5) is 27.9 Å². The van der Waals surface area contributed by atoms with Crippen LogP contribution in [0.25, 0.3) is 0 Å². The SMILES string of the molecule is Cc1csc(Nc2ccccc2)n1.O=[N+]([O-])c1cc([N+](=O)[O-])c(O)c([N+](=O)[O-])c1. The van der Waals surface area contributed by atoms with Gasteiger partial charge in [0, 0.05) is 11.1 Å². The molecule has 0 aliphatic rings. The first kappa shape index (κ1) is 21.2. The molecule has 0 saturated heterocycles. The Bertz CT molecular complexity index is 1020. The number of benzene rings is 2. The van der Waals surface area contributed by atoms with Gasteiger partial charge in [-0.2, -0.15) is 0 Å². The number of aromatic nitrogens is 1. The Morgan fingerprint density at radius 3 is 1.93 bits per heavy atom. The molecule has 2 N–H and O–H groups in total. The minimum absolute atomic E-state index is 0.447. The first-order valence-electron chi connectivity index (χ1n) is 7.73. The number of anilines is 2. The van der Waals surface area contributed by atoms with Crippen molar-refractivity contribution in [3.05, 3.63) is 83.9 Å². The molecule has 0 bridgehead atoms. The van der Waals surface area contributed by atoms with E-state index in [0.29, 0.717) is 12.1 Å². The summed E-state index contributed by atoms with van der Waals surface area (Å²) < 4.78 is 0. The number of hydrogen-bond donors (Lipinski definition) is 2. The van der Waals surface area contributed by atoms with Crippen molar-refractivity contribution >= 4 is 39.2 Å². The topological polar surface area (TPSA) is 175 Å². The number of phenols is 1. The van der Waals surface area contributed by atoms with E-state index < -0.39 is 37.6 Å². The van der Waals surface area contributed by atoms with Crippen LogP contribution in [0.3, 0.4) is 0 Å². The van der Waals surface area contributed by atoms with Gasteiger partial charge in [0.05, 0.1) is 32.6 Å². The first-order valence-corrected chi connectivity index (χ1v) is 8.61. The standard InChI is InChI=1S/C10H10N2S.C6H3N3O7/c1-8-7-13-10(11-8)12-9-5-3-2-4-6-9;10-6-4(8(13)14)1-3(7(11)12)2-5(6)9(15)16/h2-7H,1H3,(H,11,12);1-2,10H. The third kappa shape index (κ3) is 5.67. The molecule has 3 aromatic rings. The molecule has 0 aliphatic carbocycles. The molecular weight excluding hydrogens is 406 g/mol. The van der Waals surface area contributed by atoms with E-state index in [2.05, 4.69) is 10.3 Å². The number of para-hydroxylation sites is 1. The normalized spacial score (nSPS) is 9.83. The highest BCUT2D eigenvalue weighted by Gasteiger charge is 2.30. The van der Waals surface area contributed by atoms with E-state index in [-0.39, 0.29) is 0 Å². The number of non-ortho nitro benzene ring substituents is 1. The third-order valence-electron chi connectivity index (χ3n) is 3.30. The zero-order valence-electron chi connectivity index (χ0n) is 14.7. The molecule has 0 fully saturated rings. The molecular formula is C16H13N5O7S. The van der Waals surface area contributed by atoms with Gasteiger partial charge in [-0.25, -0.2) is 4.98 Å². The second-order valence-corrected chi connectivity index (χ2v) is 6.25. The van der Waals surface area contributed by atoms with E-state index in [1.165, 1.54) is 0 Å². The van der Waals surface area contributed by atoms with Gasteiger partial charge in [0.2, 0.25) is 0 Å². The number of rotatable bonds is 5. The molecule has 1 aromatic heterocycles. The van der Waals surface area contributed by atoms with Crippen LogP contribution >= 0.6 is 11.3 Å². The Kier molecular flexibility index (Phi) is 6.71. The lowest BCUT2D eigenvalue weighted by atomic mass is 10.2. The molecule has 1 heterocycles. The fourth-order valence-electron chi connectivity index (χ4n) is 2.03. The number of nitrogens with zero attached hydrogens (tertiary/aromatic N) is 4. The van der Waals surface area contributed by atoms with Crippen molar-refractivity contribution in [1.82, 2.24) is 4.98 Å². The van der Waals surface area contributed by atoms with Gasteiger partial charge in [-0.15, -0.1) is 11.3 Å². The van der Waals surface area contributed by atoms with E-state index in [1.54, 1.807) is 11.3 Å². The number of phenolic OH excluding ortho intramolecular Hbond substituents is 1. The number of nitro groups is 3. The summed E-state index contributed by atoms with van der Waals surface area (Å²) in [7, 11) is 0. The third-order valence-corrected chi connectivity index (χ3v) is 4.18. The average molecular weight is 419 g/mol. The minimum Gasteiger partial charge on any atom is -0.497 e. The molecule has 0 radical (unpaired) electrons. The van der Waals surface area contributed by atoms with Gasteiger partial charge in [-0.3, -0.25) is 30.3 Å². The molecule has 150 valence electrons. The number of aryl methyl sites for hydroxylation is 1. The summed E-state index contributed by atoms with van der Waals surface area (Å²) in [6, 6.07) is 10.9. The van der Waals surface area contributed by atoms with Crippen LogP contribution < -0.4 is 5.32 Å². The zero-order chi connectivity index (χ0) is 21.6. The minimum atomic E-state index is -1.21. The lowest BCUT2D eigenvalue weighted by molar-refractivity contribution is -0.404. The summed E-state index contributed by atoms with van der Waals surface area (Å²) in [4.78, 5) is 32.1. The van der Waals surface area contributed by atoms with Gasteiger partial charge in [0.1, 0.15) is 0 Å². The van der Waals surface area contributed by atoms with Crippen LogP contribution in [0.15, 0.2) is 47.8 Å². The fourth-order valence-corrected chi connectivity index (χ4v) is 2.74. The highest BCUT2D eigenvalue weighted by molar-refractivity contribution is 7.13. The lowest BCUT2D eigenvalue weighted by Gasteiger charge is -1.99. The summed E-state index contributed by atoms with van der Waals surface area (Å²) in [5, 5.41) is 46.4. The van der Waals surface area contributed by atoms with Gasteiger partial charge >= 0.3 is 11.4 Å². The van der Waals surface area contributed by atoms with Crippen LogP contribution in [0, 0.1) is 37.3 Å². The number of nitrogens with one attached hydrogen (secondary N) is 1. The van der Waals surface area contributed by atoms with Crippen LogP contribution in [-0.2, 0) is 0 Å². The number of thiazole rings is 1. The number of nitro benzene ring substituents is 3. The summed E-state index contributed by atoms with van der Waals surface area (Å²) in [5.41, 5.74) is -0.863. The van der Waals surface area contributed by atoms with Gasteiger partial charge in [0.15, 0.2) is 5.13 Å². The lowest BCUT2D eigenvalue weighted by Crippen LogP contribution is -1.97. The molecule has 13 heteroatoms. The molecule has 0 saturated carbocycles. The van der Waals surface area contributed by atoms with Crippen molar-refractivity contribution in [3.63, 3.8) is 0 Å². The molecule has 0 atom stereocenters. The van der Waals surface area contributed by atoms with E-state index in [9.17, 15) is 30.3 Å². The molecule has 0 amide bonds. The molecule has 3 rings (SSSR count). The van der Waals surface area contributed by atoms with Crippen LogP contribution in [0.1, 0.15) is 5.69 Å². The monoisotopic (exact) mass is 419 g/mol. The van der Waals surface area contributed by atoms with Crippen molar-refractivity contribution in [2.45, 2.75) is 6.92 Å². The summed E-state index contributed by atoms with van der Waals surface area (Å²) >= 11 is 1.62. The molecule has 0 unspecified atom stereocenters. The van der Waals surface area contributed by atoms with Gasteiger partial charge < -0.3 is 10.4 Å². The molecule has 29 heavy (non-hydrogen) atoms. The van der Waals surface area contributed by atoms with Crippen molar-refractivity contribution in [2.75, 3.05) is 5.32 Å². The van der Waals surface area contributed by atoms with Crippen LogP contribution in [0.2, 0.25) is 0 Å². The molecule has 0 spiro atoms. The zero-order valence-corrected chi connectivity index (χ0v) is 15.5. The van der Waals surface area contributed by atoms with E-state index in [4.69, 9.17) is 5.11 Å². The summed E-state index contributed by atoms with van der Waals surface area (Å²) in [5.74, 6) is -1.21. The Morgan fingerprint density at radius 2 is 1.52 bits per heavy atom. The van der Waals surface area contributed by atoms with E-state index >= 15 is 0 Å². The highest BCUT2D eigenvalue weighted by atomic mass is 32.1. The second-order valence-electron chi connectivity index (χ2n) is 5.39. The maximum absolute atomic E-state index is 10.4. The average Bonchev–Trinajstić information content (AvgIpc) is 3.07.